The maximum Gasteiger partial charge on any atom is 0.0923 e. The first kappa shape index (κ1) is 25.6. The topological polar surface area (TPSA) is 38.5 Å². The molecule has 200 valence electrons. The number of likely N-dealkylation sites (tertiary alicyclic amines) is 2. The Morgan fingerprint density at radius 1 is 0.895 bits per heavy atom. The fourth-order valence-corrected chi connectivity index (χ4v) is 6.44. The average Bonchev–Trinajstić information content (AvgIpc) is 3.61. The summed E-state index contributed by atoms with van der Waals surface area (Å²) in [7, 11) is 1.79. The Bertz CT molecular complexity index is 1350. The third-order valence-corrected chi connectivity index (χ3v) is 8.90. The Morgan fingerprint density at radius 3 is 2.47 bits per heavy atom. The second-order valence-corrected chi connectivity index (χ2v) is 11.2. The van der Waals surface area contributed by atoms with E-state index >= 15 is 0 Å². The molecule has 0 amide bonds. The van der Waals surface area contributed by atoms with Crippen LogP contribution in [0.1, 0.15) is 37.3 Å². The second kappa shape index (κ2) is 11.6. The van der Waals surface area contributed by atoms with Crippen molar-refractivity contribution >= 4 is 22.5 Å². The van der Waals surface area contributed by atoms with Gasteiger partial charge in [0.05, 0.1) is 18.3 Å². The first-order chi connectivity index (χ1) is 18.7. The number of ether oxygens (including phenoxy) is 1. The van der Waals surface area contributed by atoms with E-state index in [9.17, 15) is 0 Å². The van der Waals surface area contributed by atoms with E-state index in [1.54, 1.807) is 7.11 Å². The fraction of sp³-hybridized carbons (Fsp3) is 0.452. The molecule has 4 aromatic rings. The standard InChI is InChI=1S/C31H38ClN5O/c1-38-21-20-34-14-9-27(10-15-34)35-17-11-28(12-18-35)37-19-13-30(33-37)24-6-7-31-25(22-24)8-16-36(31)23-26-4-2-3-5-29(26)32/h2-8,13,16,19,22,27-28H,9-12,14-15,17-18,20-21,23H2,1H3. The molecule has 38 heavy (non-hydrogen) atoms. The van der Waals surface area contributed by atoms with Crippen molar-refractivity contribution in [3.8, 4) is 11.3 Å². The van der Waals surface area contributed by atoms with Crippen LogP contribution in [0.15, 0.2) is 67.0 Å². The zero-order valence-electron chi connectivity index (χ0n) is 22.3. The Labute approximate surface area is 230 Å². The molecule has 0 aliphatic carbocycles. The zero-order valence-corrected chi connectivity index (χ0v) is 23.1. The van der Waals surface area contributed by atoms with Crippen molar-refractivity contribution in [2.24, 2.45) is 0 Å². The molecular formula is C31H38ClN5O. The predicted octanol–water partition coefficient (Wildman–Crippen LogP) is 5.95. The molecule has 2 saturated heterocycles. The lowest BCUT2D eigenvalue weighted by atomic mass is 9.98. The quantitative estimate of drug-likeness (QED) is 0.281. The summed E-state index contributed by atoms with van der Waals surface area (Å²) in [5.74, 6) is 0. The number of fused-ring (bicyclic) bond motifs is 1. The molecule has 4 heterocycles. The van der Waals surface area contributed by atoms with Gasteiger partial charge >= 0.3 is 0 Å². The van der Waals surface area contributed by atoms with Crippen molar-refractivity contribution in [3.05, 3.63) is 77.6 Å². The molecule has 7 heteroatoms. The van der Waals surface area contributed by atoms with E-state index < -0.39 is 0 Å². The van der Waals surface area contributed by atoms with Gasteiger partial charge in [0.2, 0.25) is 0 Å². The molecule has 0 saturated carbocycles. The van der Waals surface area contributed by atoms with Crippen molar-refractivity contribution in [1.29, 1.82) is 0 Å². The van der Waals surface area contributed by atoms with Crippen LogP contribution in [0.25, 0.3) is 22.2 Å². The molecule has 0 atom stereocenters. The van der Waals surface area contributed by atoms with Crippen LogP contribution in [0.5, 0.6) is 0 Å². The number of hydrogen-bond acceptors (Lipinski definition) is 4. The Balaban J connectivity index is 1.07. The van der Waals surface area contributed by atoms with E-state index in [1.165, 1.54) is 68.3 Å². The van der Waals surface area contributed by atoms with Gasteiger partial charge < -0.3 is 19.1 Å². The summed E-state index contributed by atoms with van der Waals surface area (Å²) in [4.78, 5) is 5.28. The highest BCUT2D eigenvalue weighted by atomic mass is 35.5. The number of halogens is 1. The van der Waals surface area contributed by atoms with Gasteiger partial charge in [0, 0.05) is 73.2 Å². The molecule has 0 bridgehead atoms. The zero-order chi connectivity index (χ0) is 25.9. The molecule has 2 fully saturated rings. The molecule has 0 radical (unpaired) electrons. The molecule has 2 aliphatic rings. The second-order valence-electron chi connectivity index (χ2n) is 10.8. The minimum atomic E-state index is 0.488. The number of benzene rings is 2. The van der Waals surface area contributed by atoms with Crippen LogP contribution in [-0.2, 0) is 11.3 Å². The molecule has 0 spiro atoms. The van der Waals surface area contributed by atoms with Crippen molar-refractivity contribution < 1.29 is 4.74 Å². The lowest BCUT2D eigenvalue weighted by molar-refractivity contribution is 0.0659. The molecule has 2 aromatic heterocycles. The smallest absolute Gasteiger partial charge is 0.0923 e. The first-order valence-electron chi connectivity index (χ1n) is 14.0. The van der Waals surface area contributed by atoms with Gasteiger partial charge in [0.25, 0.3) is 0 Å². The van der Waals surface area contributed by atoms with Gasteiger partial charge in [-0.05, 0) is 74.7 Å². The monoisotopic (exact) mass is 531 g/mol. The Hall–Kier alpha value is -2.64. The van der Waals surface area contributed by atoms with Crippen LogP contribution in [0.3, 0.4) is 0 Å². The molecule has 6 nitrogen and oxygen atoms in total. The number of nitrogens with zero attached hydrogens (tertiary/aromatic N) is 5. The molecule has 0 N–H and O–H groups in total. The van der Waals surface area contributed by atoms with E-state index in [-0.39, 0.29) is 0 Å². The van der Waals surface area contributed by atoms with Gasteiger partial charge in [-0.2, -0.15) is 5.10 Å². The van der Waals surface area contributed by atoms with Crippen LogP contribution in [0.4, 0.5) is 0 Å². The van der Waals surface area contributed by atoms with Crippen LogP contribution >= 0.6 is 11.6 Å². The predicted molar refractivity (Wildman–Crippen MR) is 155 cm³/mol. The van der Waals surface area contributed by atoms with Crippen molar-refractivity contribution in [1.82, 2.24) is 24.1 Å². The average molecular weight is 532 g/mol. The van der Waals surface area contributed by atoms with Gasteiger partial charge in [-0.3, -0.25) is 4.68 Å². The summed E-state index contributed by atoms with van der Waals surface area (Å²) in [5.41, 5.74) is 4.57. The van der Waals surface area contributed by atoms with Gasteiger partial charge in [0.1, 0.15) is 0 Å². The van der Waals surface area contributed by atoms with Gasteiger partial charge in [-0.15, -0.1) is 0 Å². The van der Waals surface area contributed by atoms with Crippen LogP contribution in [-0.4, -0.2) is 76.6 Å². The van der Waals surface area contributed by atoms with Gasteiger partial charge in [0.15, 0.2) is 0 Å². The van der Waals surface area contributed by atoms with E-state index in [4.69, 9.17) is 21.4 Å². The third-order valence-electron chi connectivity index (χ3n) is 8.53. The van der Waals surface area contributed by atoms with Crippen LogP contribution in [0.2, 0.25) is 5.02 Å². The molecule has 6 rings (SSSR count). The maximum atomic E-state index is 6.40. The highest BCUT2D eigenvalue weighted by molar-refractivity contribution is 6.31. The minimum absolute atomic E-state index is 0.488. The van der Waals surface area contributed by atoms with Crippen molar-refractivity contribution in [2.45, 2.75) is 44.3 Å². The summed E-state index contributed by atoms with van der Waals surface area (Å²) in [6, 6.07) is 20.3. The first-order valence-corrected chi connectivity index (χ1v) is 14.4. The Morgan fingerprint density at radius 2 is 1.68 bits per heavy atom. The number of hydrogen-bond donors (Lipinski definition) is 0. The van der Waals surface area contributed by atoms with Crippen LogP contribution in [0, 0.1) is 0 Å². The highest BCUT2D eigenvalue weighted by Crippen LogP contribution is 2.29. The minimum Gasteiger partial charge on any atom is -0.383 e. The van der Waals surface area contributed by atoms with E-state index in [1.807, 2.05) is 18.2 Å². The summed E-state index contributed by atoms with van der Waals surface area (Å²) < 4.78 is 9.72. The van der Waals surface area contributed by atoms with Crippen molar-refractivity contribution in [2.75, 3.05) is 46.4 Å². The Kier molecular flexibility index (Phi) is 7.84. The number of rotatable bonds is 8. The molecule has 2 aliphatic heterocycles. The number of piperidine rings is 2. The van der Waals surface area contributed by atoms with Crippen LogP contribution < -0.4 is 0 Å². The maximum absolute atomic E-state index is 6.40. The highest BCUT2D eigenvalue weighted by Gasteiger charge is 2.29. The summed E-state index contributed by atoms with van der Waals surface area (Å²) >= 11 is 6.40. The lowest BCUT2D eigenvalue weighted by Crippen LogP contribution is -2.48. The van der Waals surface area contributed by atoms with E-state index in [2.05, 4.69) is 67.8 Å². The fourth-order valence-electron chi connectivity index (χ4n) is 6.25. The molecule has 2 aromatic carbocycles. The van der Waals surface area contributed by atoms with Gasteiger partial charge in [-0.1, -0.05) is 35.9 Å². The summed E-state index contributed by atoms with van der Waals surface area (Å²) in [6.45, 7) is 7.42. The van der Waals surface area contributed by atoms with E-state index in [0.29, 0.717) is 6.04 Å². The largest absolute Gasteiger partial charge is 0.383 e. The van der Waals surface area contributed by atoms with E-state index in [0.717, 1.165) is 42.0 Å². The third kappa shape index (κ3) is 5.55. The summed E-state index contributed by atoms with van der Waals surface area (Å²) in [5, 5.41) is 7.07. The van der Waals surface area contributed by atoms with Gasteiger partial charge in [-0.25, -0.2) is 0 Å². The van der Waals surface area contributed by atoms with Crippen molar-refractivity contribution in [3.63, 3.8) is 0 Å². The summed E-state index contributed by atoms with van der Waals surface area (Å²) in [6.07, 6.45) is 9.24. The SMILES string of the molecule is COCCN1CCC(N2CCC(n3ccc(-c4ccc5c(ccn5Cc5ccccc5Cl)c4)n3)CC2)CC1. The molecule has 0 unspecified atom stereocenters. The number of aromatic nitrogens is 3. The normalized spacial score (nSPS) is 18.5. The number of methoxy groups -OCH3 is 1. The molecular weight excluding hydrogens is 494 g/mol. The lowest BCUT2D eigenvalue weighted by Gasteiger charge is -2.41.